The van der Waals surface area contributed by atoms with Crippen LogP contribution in [0.5, 0.6) is 0 Å². The summed E-state index contributed by atoms with van der Waals surface area (Å²) in [5.74, 6) is -0.861. The second-order valence-electron chi connectivity index (χ2n) is 3.34. The molecule has 84 valence electrons. The number of hydrogen-bond donors (Lipinski definition) is 1. The van der Waals surface area contributed by atoms with E-state index in [9.17, 15) is 8.78 Å². The number of anilines is 1. The van der Waals surface area contributed by atoms with Gasteiger partial charge >= 0.3 is 0 Å². The minimum absolute atomic E-state index is 0.268. The van der Waals surface area contributed by atoms with Gasteiger partial charge in [-0.2, -0.15) is 5.10 Å². The van der Waals surface area contributed by atoms with Crippen molar-refractivity contribution in [3.63, 3.8) is 0 Å². The Morgan fingerprint density at radius 2 is 1.88 bits per heavy atom. The Kier molecular flexibility index (Phi) is 2.91. The van der Waals surface area contributed by atoms with Crippen molar-refractivity contribution in [1.29, 1.82) is 0 Å². The topological polar surface area (TPSA) is 43.8 Å². The standard InChI is InChI=1S/C10H8BrF2N3/c11-9-5-16(15-10(9)14)4-6-1-7(12)3-8(13)2-6/h1-3,5H,4H2,(H2,14,15). The van der Waals surface area contributed by atoms with E-state index in [-0.39, 0.29) is 6.54 Å². The molecular formula is C10H8BrF2N3. The number of aromatic nitrogens is 2. The van der Waals surface area contributed by atoms with Crippen LogP contribution in [0.3, 0.4) is 0 Å². The second-order valence-corrected chi connectivity index (χ2v) is 4.19. The molecule has 0 aliphatic rings. The van der Waals surface area contributed by atoms with Crippen molar-refractivity contribution in [1.82, 2.24) is 9.78 Å². The maximum Gasteiger partial charge on any atom is 0.159 e. The molecule has 0 amide bonds. The predicted molar refractivity (Wildman–Crippen MR) is 59.8 cm³/mol. The quantitative estimate of drug-likeness (QED) is 0.923. The maximum absolute atomic E-state index is 12.9. The molecule has 3 nitrogen and oxygen atoms in total. The van der Waals surface area contributed by atoms with Crippen molar-refractivity contribution in [3.8, 4) is 0 Å². The molecule has 0 atom stereocenters. The SMILES string of the molecule is Nc1nn(Cc2cc(F)cc(F)c2)cc1Br. The van der Waals surface area contributed by atoms with E-state index in [4.69, 9.17) is 5.73 Å². The average Bonchev–Trinajstić information content (AvgIpc) is 2.43. The van der Waals surface area contributed by atoms with Gasteiger partial charge in [-0.15, -0.1) is 0 Å². The Balaban J connectivity index is 2.26. The average molecular weight is 288 g/mol. The van der Waals surface area contributed by atoms with Crippen LogP contribution in [0.1, 0.15) is 5.56 Å². The lowest BCUT2D eigenvalue weighted by Gasteiger charge is -2.02. The van der Waals surface area contributed by atoms with Crippen LogP contribution < -0.4 is 5.73 Å². The first-order valence-corrected chi connectivity index (χ1v) is 5.27. The molecule has 0 radical (unpaired) electrons. The summed E-state index contributed by atoms with van der Waals surface area (Å²) in [6.45, 7) is 0.268. The van der Waals surface area contributed by atoms with E-state index >= 15 is 0 Å². The van der Waals surface area contributed by atoms with E-state index in [0.717, 1.165) is 6.07 Å². The van der Waals surface area contributed by atoms with Crippen LogP contribution in [-0.2, 0) is 6.54 Å². The van der Waals surface area contributed by atoms with Gasteiger partial charge in [-0.25, -0.2) is 8.78 Å². The van der Waals surface area contributed by atoms with Gasteiger partial charge in [-0.05, 0) is 33.6 Å². The molecule has 0 aliphatic heterocycles. The van der Waals surface area contributed by atoms with E-state index in [1.807, 2.05) is 0 Å². The number of benzene rings is 1. The summed E-state index contributed by atoms with van der Waals surface area (Å²) in [5.41, 5.74) is 6.02. The van der Waals surface area contributed by atoms with Crippen LogP contribution >= 0.6 is 15.9 Å². The molecule has 0 spiro atoms. The van der Waals surface area contributed by atoms with Gasteiger partial charge in [0, 0.05) is 12.3 Å². The zero-order valence-electron chi connectivity index (χ0n) is 8.12. The minimum Gasteiger partial charge on any atom is -0.381 e. The number of nitrogens with zero attached hydrogens (tertiary/aromatic N) is 2. The number of rotatable bonds is 2. The van der Waals surface area contributed by atoms with E-state index < -0.39 is 11.6 Å². The van der Waals surface area contributed by atoms with Crippen LogP contribution in [-0.4, -0.2) is 9.78 Å². The van der Waals surface area contributed by atoms with Crippen LogP contribution in [0.2, 0.25) is 0 Å². The fourth-order valence-corrected chi connectivity index (χ4v) is 1.70. The molecule has 0 saturated heterocycles. The van der Waals surface area contributed by atoms with Crippen LogP contribution in [0.4, 0.5) is 14.6 Å². The van der Waals surface area contributed by atoms with Crippen LogP contribution in [0, 0.1) is 11.6 Å². The molecule has 2 N–H and O–H groups in total. The van der Waals surface area contributed by atoms with Crippen molar-refractivity contribution in [2.45, 2.75) is 6.54 Å². The fraction of sp³-hybridized carbons (Fsp3) is 0.100. The third-order valence-electron chi connectivity index (χ3n) is 2.01. The van der Waals surface area contributed by atoms with Crippen molar-refractivity contribution >= 4 is 21.7 Å². The summed E-state index contributed by atoms with van der Waals surface area (Å²) in [7, 11) is 0. The van der Waals surface area contributed by atoms with Gasteiger partial charge in [-0.3, -0.25) is 4.68 Å². The van der Waals surface area contributed by atoms with Crippen molar-refractivity contribution in [2.75, 3.05) is 5.73 Å². The van der Waals surface area contributed by atoms with Gasteiger partial charge in [0.25, 0.3) is 0 Å². The molecule has 1 aromatic heterocycles. The molecule has 0 saturated carbocycles. The van der Waals surface area contributed by atoms with Gasteiger partial charge in [0.1, 0.15) is 11.6 Å². The largest absolute Gasteiger partial charge is 0.381 e. The third kappa shape index (κ3) is 2.38. The van der Waals surface area contributed by atoms with Crippen molar-refractivity contribution in [3.05, 3.63) is 46.1 Å². The van der Waals surface area contributed by atoms with Crippen LogP contribution in [0.25, 0.3) is 0 Å². The first-order chi connectivity index (χ1) is 7.54. The van der Waals surface area contributed by atoms with Crippen molar-refractivity contribution < 1.29 is 8.78 Å². The fourth-order valence-electron chi connectivity index (χ4n) is 1.38. The third-order valence-corrected chi connectivity index (χ3v) is 2.62. The molecule has 2 aromatic rings. The molecule has 0 bridgehead atoms. The van der Waals surface area contributed by atoms with E-state index in [2.05, 4.69) is 21.0 Å². The highest BCUT2D eigenvalue weighted by Gasteiger charge is 2.05. The monoisotopic (exact) mass is 287 g/mol. The molecule has 16 heavy (non-hydrogen) atoms. The Morgan fingerprint density at radius 1 is 1.25 bits per heavy atom. The van der Waals surface area contributed by atoms with E-state index in [1.54, 1.807) is 6.20 Å². The van der Waals surface area contributed by atoms with Gasteiger partial charge < -0.3 is 5.73 Å². The summed E-state index contributed by atoms with van der Waals surface area (Å²) in [5, 5.41) is 3.97. The smallest absolute Gasteiger partial charge is 0.159 e. The summed E-state index contributed by atoms with van der Waals surface area (Å²) in [6.07, 6.45) is 1.65. The highest BCUT2D eigenvalue weighted by Crippen LogP contribution is 2.17. The second kappa shape index (κ2) is 4.21. The molecule has 1 aromatic carbocycles. The number of halogens is 3. The Bertz CT molecular complexity index is 485. The summed E-state index contributed by atoms with van der Waals surface area (Å²) < 4.78 is 28.0. The highest BCUT2D eigenvalue weighted by molar-refractivity contribution is 9.10. The Hall–Kier alpha value is -1.43. The lowest BCUT2D eigenvalue weighted by molar-refractivity contribution is 0.574. The number of nitrogens with two attached hydrogens (primary N) is 1. The number of nitrogen functional groups attached to an aromatic ring is 1. The molecule has 1 heterocycles. The molecule has 0 unspecified atom stereocenters. The molecule has 0 fully saturated rings. The Labute approximate surface area is 99.0 Å². The first-order valence-electron chi connectivity index (χ1n) is 4.48. The van der Waals surface area contributed by atoms with Crippen molar-refractivity contribution in [2.24, 2.45) is 0 Å². The summed E-state index contributed by atoms with van der Waals surface area (Å²) in [4.78, 5) is 0. The first kappa shape index (κ1) is 11.1. The van der Waals surface area contributed by atoms with Gasteiger partial charge in [0.05, 0.1) is 11.0 Å². The van der Waals surface area contributed by atoms with E-state index in [0.29, 0.717) is 15.9 Å². The normalized spacial score (nSPS) is 10.7. The summed E-state index contributed by atoms with van der Waals surface area (Å²) >= 11 is 3.20. The zero-order chi connectivity index (χ0) is 11.7. The van der Waals surface area contributed by atoms with Crippen LogP contribution in [0.15, 0.2) is 28.9 Å². The Morgan fingerprint density at radius 3 is 2.38 bits per heavy atom. The minimum atomic E-state index is -0.603. The lowest BCUT2D eigenvalue weighted by atomic mass is 10.2. The van der Waals surface area contributed by atoms with Gasteiger partial charge in [0.15, 0.2) is 5.82 Å². The predicted octanol–water partition coefficient (Wildman–Crippen LogP) is 2.55. The lowest BCUT2D eigenvalue weighted by Crippen LogP contribution is -2.02. The zero-order valence-corrected chi connectivity index (χ0v) is 9.71. The van der Waals surface area contributed by atoms with Gasteiger partial charge in [-0.1, -0.05) is 0 Å². The van der Waals surface area contributed by atoms with E-state index in [1.165, 1.54) is 16.8 Å². The van der Waals surface area contributed by atoms with Gasteiger partial charge in [0.2, 0.25) is 0 Å². The molecule has 6 heteroatoms. The highest BCUT2D eigenvalue weighted by atomic mass is 79.9. The molecular weight excluding hydrogens is 280 g/mol. The summed E-state index contributed by atoms with van der Waals surface area (Å²) in [6, 6.07) is 3.35. The number of hydrogen-bond acceptors (Lipinski definition) is 2. The molecule has 0 aliphatic carbocycles. The molecule has 2 rings (SSSR count). The maximum atomic E-state index is 12.9.